The van der Waals surface area contributed by atoms with Gasteiger partial charge in [-0.05, 0) is 13.3 Å². The lowest BCUT2D eigenvalue weighted by Gasteiger charge is -2.08. The van der Waals surface area contributed by atoms with E-state index in [1.54, 1.807) is 13.8 Å². The molecule has 74 valence electrons. The maximum absolute atomic E-state index is 11.2. The van der Waals surface area contributed by atoms with E-state index >= 15 is 0 Å². The van der Waals surface area contributed by atoms with Crippen molar-refractivity contribution in [2.45, 2.75) is 32.5 Å². The molecule has 0 amide bonds. The molecule has 0 aliphatic carbocycles. The number of aliphatic hydroxyl groups is 1. The third-order valence-corrected chi connectivity index (χ3v) is 2.08. The largest absolute Gasteiger partial charge is 0.496 e. The minimum absolute atomic E-state index is 0.262. The van der Waals surface area contributed by atoms with E-state index in [1.807, 2.05) is 0 Å². The summed E-state index contributed by atoms with van der Waals surface area (Å²) in [7, 11) is 1.47. The molecular weight excluding hydrogens is 172 g/mol. The Kier molecular flexibility index (Phi) is 2.93. The van der Waals surface area contributed by atoms with Gasteiger partial charge in [-0.25, -0.2) is 4.79 Å². The highest BCUT2D eigenvalue weighted by Gasteiger charge is 2.35. The highest BCUT2D eigenvalue weighted by atomic mass is 16.6. The van der Waals surface area contributed by atoms with E-state index in [1.165, 1.54) is 7.11 Å². The number of aliphatic hydroxyl groups excluding tert-OH is 1. The first-order valence-corrected chi connectivity index (χ1v) is 4.28. The molecule has 1 N–H and O–H groups in total. The number of carbonyl (C=O) groups excluding carboxylic acids is 1. The van der Waals surface area contributed by atoms with Crippen molar-refractivity contribution in [2.75, 3.05) is 7.11 Å². The van der Waals surface area contributed by atoms with Gasteiger partial charge in [0.15, 0.2) is 6.10 Å². The van der Waals surface area contributed by atoms with Crippen LogP contribution in [-0.2, 0) is 14.3 Å². The molecule has 0 aromatic heterocycles. The predicted molar refractivity (Wildman–Crippen MR) is 45.9 cm³/mol. The number of hydrogen-bond acceptors (Lipinski definition) is 4. The summed E-state index contributed by atoms with van der Waals surface area (Å²) in [5.74, 6) is -0.0296. The van der Waals surface area contributed by atoms with Crippen LogP contribution >= 0.6 is 0 Å². The number of esters is 1. The fourth-order valence-corrected chi connectivity index (χ4v) is 1.38. The number of carbonyl (C=O) groups is 1. The van der Waals surface area contributed by atoms with Crippen LogP contribution in [0.25, 0.3) is 0 Å². The Bertz CT molecular complexity index is 244. The Labute approximate surface area is 77.1 Å². The molecule has 0 aromatic rings. The number of ether oxygens (including phenoxy) is 2. The van der Waals surface area contributed by atoms with Crippen LogP contribution in [0.15, 0.2) is 11.3 Å². The first kappa shape index (κ1) is 10.1. The Morgan fingerprint density at radius 1 is 1.69 bits per heavy atom. The van der Waals surface area contributed by atoms with Gasteiger partial charge in [-0.1, -0.05) is 6.92 Å². The number of methoxy groups -OCH3 is 1. The quantitative estimate of drug-likeness (QED) is 0.656. The van der Waals surface area contributed by atoms with Crippen molar-refractivity contribution in [3.05, 3.63) is 11.3 Å². The average Bonchev–Trinajstić information content (AvgIpc) is 2.39. The molecule has 0 radical (unpaired) electrons. The monoisotopic (exact) mass is 186 g/mol. The van der Waals surface area contributed by atoms with Crippen molar-refractivity contribution >= 4 is 5.97 Å². The molecule has 1 aliphatic heterocycles. The second kappa shape index (κ2) is 3.79. The molecule has 0 bridgehead atoms. The van der Waals surface area contributed by atoms with Gasteiger partial charge in [0.2, 0.25) is 0 Å². The number of cyclic esters (lactones) is 1. The zero-order chi connectivity index (χ0) is 10.0. The SMILES string of the molecule is CCC(O)C1=C(OC)C(C)OC1=O. The van der Waals surface area contributed by atoms with E-state index in [2.05, 4.69) is 0 Å². The fourth-order valence-electron chi connectivity index (χ4n) is 1.38. The van der Waals surface area contributed by atoms with Gasteiger partial charge in [0, 0.05) is 0 Å². The second-order valence-corrected chi connectivity index (χ2v) is 2.95. The topological polar surface area (TPSA) is 55.8 Å². The Balaban J connectivity index is 2.98. The lowest BCUT2D eigenvalue weighted by Crippen LogP contribution is -2.15. The molecule has 0 aromatic carbocycles. The van der Waals surface area contributed by atoms with Gasteiger partial charge in [-0.3, -0.25) is 0 Å². The second-order valence-electron chi connectivity index (χ2n) is 2.95. The van der Waals surface area contributed by atoms with Crippen LogP contribution < -0.4 is 0 Å². The molecule has 0 spiro atoms. The van der Waals surface area contributed by atoms with Crippen molar-refractivity contribution in [2.24, 2.45) is 0 Å². The zero-order valence-corrected chi connectivity index (χ0v) is 8.03. The van der Waals surface area contributed by atoms with Crippen molar-refractivity contribution in [3.63, 3.8) is 0 Å². The van der Waals surface area contributed by atoms with Gasteiger partial charge >= 0.3 is 5.97 Å². The third kappa shape index (κ3) is 1.67. The van der Waals surface area contributed by atoms with E-state index in [0.717, 1.165) is 0 Å². The Morgan fingerprint density at radius 2 is 2.31 bits per heavy atom. The van der Waals surface area contributed by atoms with Crippen molar-refractivity contribution in [1.82, 2.24) is 0 Å². The lowest BCUT2D eigenvalue weighted by atomic mass is 10.1. The Morgan fingerprint density at radius 3 is 2.77 bits per heavy atom. The third-order valence-electron chi connectivity index (χ3n) is 2.08. The summed E-state index contributed by atoms with van der Waals surface area (Å²) in [6.07, 6.45) is -0.689. The van der Waals surface area contributed by atoms with Crippen LogP contribution in [0, 0.1) is 0 Å². The molecule has 13 heavy (non-hydrogen) atoms. The summed E-state index contributed by atoms with van der Waals surface area (Å²) in [4.78, 5) is 11.2. The van der Waals surface area contributed by atoms with Gasteiger partial charge in [0.1, 0.15) is 11.3 Å². The van der Waals surface area contributed by atoms with Crippen molar-refractivity contribution in [3.8, 4) is 0 Å². The van der Waals surface area contributed by atoms with Gasteiger partial charge < -0.3 is 14.6 Å². The molecule has 4 heteroatoms. The van der Waals surface area contributed by atoms with E-state index in [0.29, 0.717) is 12.2 Å². The van der Waals surface area contributed by atoms with Gasteiger partial charge in [0.25, 0.3) is 0 Å². The molecule has 1 rings (SSSR count). The summed E-state index contributed by atoms with van der Waals surface area (Å²) in [6.45, 7) is 3.51. The maximum Gasteiger partial charge on any atom is 0.340 e. The molecule has 2 unspecified atom stereocenters. The fraction of sp³-hybridized carbons (Fsp3) is 0.667. The maximum atomic E-state index is 11.2. The summed E-state index contributed by atoms with van der Waals surface area (Å²) in [5.41, 5.74) is 0.262. The molecule has 0 fully saturated rings. The predicted octanol–water partition coefficient (Wildman–Crippen LogP) is 0.603. The summed E-state index contributed by atoms with van der Waals surface area (Å²) in [5, 5.41) is 9.51. The highest BCUT2D eigenvalue weighted by molar-refractivity contribution is 5.92. The number of hydrogen-bond donors (Lipinski definition) is 1. The molecule has 1 aliphatic rings. The van der Waals surface area contributed by atoms with E-state index in [4.69, 9.17) is 9.47 Å². The molecule has 4 nitrogen and oxygen atoms in total. The van der Waals surface area contributed by atoms with E-state index in [-0.39, 0.29) is 11.7 Å². The van der Waals surface area contributed by atoms with E-state index < -0.39 is 12.1 Å². The van der Waals surface area contributed by atoms with Crippen LogP contribution in [0.3, 0.4) is 0 Å². The lowest BCUT2D eigenvalue weighted by molar-refractivity contribution is -0.140. The summed E-state index contributed by atoms with van der Waals surface area (Å²) >= 11 is 0. The first-order valence-electron chi connectivity index (χ1n) is 4.28. The van der Waals surface area contributed by atoms with Crippen LogP contribution in [-0.4, -0.2) is 30.4 Å². The van der Waals surface area contributed by atoms with Crippen LogP contribution in [0.2, 0.25) is 0 Å². The van der Waals surface area contributed by atoms with Crippen LogP contribution in [0.4, 0.5) is 0 Å². The van der Waals surface area contributed by atoms with Gasteiger partial charge in [0.05, 0.1) is 13.2 Å². The smallest absolute Gasteiger partial charge is 0.340 e. The number of rotatable bonds is 3. The van der Waals surface area contributed by atoms with Crippen molar-refractivity contribution < 1.29 is 19.4 Å². The van der Waals surface area contributed by atoms with Crippen LogP contribution in [0.5, 0.6) is 0 Å². The molecule has 0 saturated carbocycles. The van der Waals surface area contributed by atoms with Crippen LogP contribution in [0.1, 0.15) is 20.3 Å². The normalized spacial score (nSPS) is 24.6. The highest BCUT2D eigenvalue weighted by Crippen LogP contribution is 2.26. The molecule has 2 atom stereocenters. The minimum Gasteiger partial charge on any atom is -0.496 e. The molecule has 0 saturated heterocycles. The molecular formula is C9H14O4. The first-order chi connectivity index (χ1) is 6.11. The summed E-state index contributed by atoms with van der Waals surface area (Å²) in [6, 6.07) is 0. The van der Waals surface area contributed by atoms with Gasteiger partial charge in [-0.15, -0.1) is 0 Å². The molecule has 1 heterocycles. The average molecular weight is 186 g/mol. The Hall–Kier alpha value is -1.03. The summed E-state index contributed by atoms with van der Waals surface area (Å²) < 4.78 is 9.91. The zero-order valence-electron chi connectivity index (χ0n) is 8.03. The van der Waals surface area contributed by atoms with E-state index in [9.17, 15) is 9.90 Å². The van der Waals surface area contributed by atoms with Gasteiger partial charge in [-0.2, -0.15) is 0 Å². The minimum atomic E-state index is -0.785. The standard InChI is InChI=1S/C9H14O4/c1-4-6(10)7-8(12-3)5(2)13-9(7)11/h5-6,10H,4H2,1-3H3. The van der Waals surface area contributed by atoms with Crippen molar-refractivity contribution in [1.29, 1.82) is 0 Å².